The van der Waals surface area contributed by atoms with Gasteiger partial charge in [-0.1, -0.05) is 6.07 Å². The van der Waals surface area contributed by atoms with Gasteiger partial charge in [-0.25, -0.2) is 4.98 Å². The van der Waals surface area contributed by atoms with E-state index in [1.54, 1.807) is 23.6 Å². The lowest BCUT2D eigenvalue weighted by molar-refractivity contribution is 0.0739. The Morgan fingerprint density at radius 2 is 2.21 bits per heavy atom. The third-order valence-electron chi connectivity index (χ3n) is 3.18. The van der Waals surface area contributed by atoms with Crippen molar-refractivity contribution in [3.63, 3.8) is 0 Å². The summed E-state index contributed by atoms with van der Waals surface area (Å²) >= 11 is 1.64. The van der Waals surface area contributed by atoms with Gasteiger partial charge in [0.15, 0.2) is 0 Å². The van der Waals surface area contributed by atoms with Gasteiger partial charge >= 0.3 is 0 Å². The number of aromatic nitrogens is 2. The molecule has 19 heavy (non-hydrogen) atoms. The van der Waals surface area contributed by atoms with Gasteiger partial charge in [0.2, 0.25) is 0 Å². The largest absolute Gasteiger partial charge is 0.334 e. The number of nitrogens with zero attached hydrogens (tertiary/aromatic N) is 3. The maximum Gasteiger partial charge on any atom is 0.272 e. The summed E-state index contributed by atoms with van der Waals surface area (Å²) in [6.07, 6.45) is 6.51. The molecule has 0 bridgehead atoms. The molecule has 1 aliphatic carbocycles. The minimum Gasteiger partial charge on any atom is -0.334 e. The fourth-order valence-corrected chi connectivity index (χ4v) is 2.67. The summed E-state index contributed by atoms with van der Waals surface area (Å²) in [7, 11) is 0. The first kappa shape index (κ1) is 12.3. The van der Waals surface area contributed by atoms with Crippen LogP contribution in [0.1, 0.15) is 28.3 Å². The minimum atomic E-state index is 0.0413. The normalized spacial score (nSPS) is 14.3. The van der Waals surface area contributed by atoms with E-state index in [1.807, 2.05) is 28.6 Å². The summed E-state index contributed by atoms with van der Waals surface area (Å²) in [6, 6.07) is 5.86. The smallest absolute Gasteiger partial charge is 0.272 e. The molecule has 3 rings (SSSR count). The molecule has 0 unspecified atom stereocenters. The number of hydrogen-bond donors (Lipinski definition) is 0. The third kappa shape index (κ3) is 2.98. The Morgan fingerprint density at radius 1 is 1.32 bits per heavy atom. The molecule has 2 heterocycles. The predicted molar refractivity (Wildman–Crippen MR) is 74.1 cm³/mol. The van der Waals surface area contributed by atoms with Crippen molar-refractivity contribution in [2.24, 2.45) is 0 Å². The van der Waals surface area contributed by atoms with E-state index in [9.17, 15) is 4.79 Å². The van der Waals surface area contributed by atoms with Gasteiger partial charge in [-0.05, 0) is 25.0 Å². The zero-order valence-corrected chi connectivity index (χ0v) is 11.3. The van der Waals surface area contributed by atoms with E-state index in [4.69, 9.17) is 0 Å². The Kier molecular flexibility index (Phi) is 3.55. The summed E-state index contributed by atoms with van der Waals surface area (Å²) in [4.78, 5) is 22.8. The lowest BCUT2D eigenvalue weighted by Gasteiger charge is -2.21. The molecule has 0 spiro atoms. The molecular weight excluding hydrogens is 258 g/mol. The Labute approximate surface area is 116 Å². The van der Waals surface area contributed by atoms with Gasteiger partial charge in [0, 0.05) is 36.8 Å². The van der Waals surface area contributed by atoms with Gasteiger partial charge in [-0.2, -0.15) is 0 Å². The maximum atomic E-state index is 12.4. The fraction of sp³-hybridized carbons (Fsp3) is 0.357. The second-order valence-corrected chi connectivity index (χ2v) is 5.60. The molecule has 0 saturated heterocycles. The van der Waals surface area contributed by atoms with Crippen molar-refractivity contribution in [3.8, 4) is 0 Å². The Hall–Kier alpha value is -1.75. The van der Waals surface area contributed by atoms with Crippen molar-refractivity contribution < 1.29 is 4.79 Å². The van der Waals surface area contributed by atoms with Gasteiger partial charge in [-0.3, -0.25) is 9.78 Å². The minimum absolute atomic E-state index is 0.0413. The Balaban J connectivity index is 1.69. The van der Waals surface area contributed by atoms with Crippen LogP contribution in [-0.4, -0.2) is 33.4 Å². The zero-order valence-electron chi connectivity index (χ0n) is 10.5. The molecule has 0 N–H and O–H groups in total. The topological polar surface area (TPSA) is 46.1 Å². The fourth-order valence-electron chi connectivity index (χ4n) is 2.07. The molecule has 1 amide bonds. The van der Waals surface area contributed by atoms with Gasteiger partial charge in [0.05, 0.1) is 5.01 Å². The molecule has 98 valence electrons. The van der Waals surface area contributed by atoms with Crippen LogP contribution in [0.25, 0.3) is 0 Å². The quantitative estimate of drug-likeness (QED) is 0.840. The highest BCUT2D eigenvalue weighted by molar-refractivity contribution is 7.09. The van der Waals surface area contributed by atoms with Crippen LogP contribution in [0.4, 0.5) is 0 Å². The number of thiazole rings is 1. The Morgan fingerprint density at radius 3 is 2.84 bits per heavy atom. The van der Waals surface area contributed by atoms with Gasteiger partial charge in [0.1, 0.15) is 5.69 Å². The predicted octanol–water partition coefficient (Wildman–Crippen LogP) is 2.39. The molecule has 0 radical (unpaired) electrons. The number of hydrogen-bond acceptors (Lipinski definition) is 4. The first-order valence-electron chi connectivity index (χ1n) is 6.45. The molecule has 0 atom stereocenters. The van der Waals surface area contributed by atoms with Crippen molar-refractivity contribution in [2.75, 3.05) is 6.54 Å². The number of pyridine rings is 1. The van der Waals surface area contributed by atoms with Crippen LogP contribution in [0.2, 0.25) is 0 Å². The zero-order chi connectivity index (χ0) is 13.1. The van der Waals surface area contributed by atoms with Gasteiger partial charge < -0.3 is 4.90 Å². The van der Waals surface area contributed by atoms with Crippen molar-refractivity contribution >= 4 is 17.2 Å². The van der Waals surface area contributed by atoms with E-state index < -0.39 is 0 Å². The first-order chi connectivity index (χ1) is 9.34. The number of rotatable bonds is 5. The lowest BCUT2D eigenvalue weighted by Crippen LogP contribution is -2.35. The summed E-state index contributed by atoms with van der Waals surface area (Å²) < 4.78 is 0. The van der Waals surface area contributed by atoms with Crippen LogP contribution in [0, 0.1) is 0 Å². The molecule has 4 nitrogen and oxygen atoms in total. The average Bonchev–Trinajstić information content (AvgIpc) is 3.15. The van der Waals surface area contributed by atoms with Crippen LogP contribution in [-0.2, 0) is 6.42 Å². The molecule has 1 fully saturated rings. The van der Waals surface area contributed by atoms with Crippen LogP contribution >= 0.6 is 11.3 Å². The van der Waals surface area contributed by atoms with Crippen LogP contribution in [0.5, 0.6) is 0 Å². The van der Waals surface area contributed by atoms with Gasteiger partial charge in [0.25, 0.3) is 5.91 Å². The monoisotopic (exact) mass is 273 g/mol. The van der Waals surface area contributed by atoms with E-state index in [0.717, 1.165) is 30.8 Å². The number of amides is 1. The Bertz CT molecular complexity index is 537. The number of carbonyl (C=O) groups excluding carboxylic acids is 1. The second kappa shape index (κ2) is 5.48. The molecular formula is C14H15N3OS. The van der Waals surface area contributed by atoms with E-state index in [1.165, 1.54) is 0 Å². The van der Waals surface area contributed by atoms with Crippen LogP contribution in [0.3, 0.4) is 0 Å². The lowest BCUT2D eigenvalue weighted by atomic mass is 10.3. The van der Waals surface area contributed by atoms with Crippen LogP contribution in [0.15, 0.2) is 36.0 Å². The van der Waals surface area contributed by atoms with Gasteiger partial charge in [-0.15, -0.1) is 11.3 Å². The molecule has 1 aliphatic rings. The van der Waals surface area contributed by atoms with E-state index in [2.05, 4.69) is 9.97 Å². The highest BCUT2D eigenvalue weighted by atomic mass is 32.1. The molecule has 2 aromatic rings. The van der Waals surface area contributed by atoms with Crippen molar-refractivity contribution in [1.82, 2.24) is 14.9 Å². The van der Waals surface area contributed by atoms with Crippen LogP contribution < -0.4 is 0 Å². The first-order valence-corrected chi connectivity index (χ1v) is 7.33. The average molecular weight is 273 g/mol. The second-order valence-electron chi connectivity index (χ2n) is 4.62. The maximum absolute atomic E-state index is 12.4. The summed E-state index contributed by atoms with van der Waals surface area (Å²) in [5.74, 6) is 0.0413. The summed E-state index contributed by atoms with van der Waals surface area (Å²) in [5.41, 5.74) is 0.536. The highest BCUT2D eigenvalue weighted by Gasteiger charge is 2.33. The molecule has 0 aromatic carbocycles. The summed E-state index contributed by atoms with van der Waals surface area (Å²) in [5, 5.41) is 3.05. The summed E-state index contributed by atoms with van der Waals surface area (Å²) in [6.45, 7) is 0.730. The highest BCUT2D eigenvalue weighted by Crippen LogP contribution is 2.28. The SMILES string of the molecule is O=C(c1ccccn1)N(CCc1nccs1)C1CC1. The van der Waals surface area contributed by atoms with Crippen molar-refractivity contribution in [1.29, 1.82) is 0 Å². The molecule has 1 saturated carbocycles. The molecule has 2 aromatic heterocycles. The van der Waals surface area contributed by atoms with E-state index in [-0.39, 0.29) is 5.91 Å². The third-order valence-corrected chi connectivity index (χ3v) is 4.02. The van der Waals surface area contributed by atoms with Crippen molar-refractivity contribution in [2.45, 2.75) is 25.3 Å². The standard InChI is InChI=1S/C14H15N3OS/c18-14(12-3-1-2-7-15-12)17(11-4-5-11)9-6-13-16-8-10-19-13/h1-3,7-8,10-11H,4-6,9H2. The van der Waals surface area contributed by atoms with Crippen molar-refractivity contribution in [3.05, 3.63) is 46.7 Å². The molecule has 5 heteroatoms. The number of carbonyl (C=O) groups is 1. The van der Waals surface area contributed by atoms with E-state index >= 15 is 0 Å². The van der Waals surface area contributed by atoms with E-state index in [0.29, 0.717) is 11.7 Å². The molecule has 0 aliphatic heterocycles.